The number of benzene rings is 1. The van der Waals surface area contributed by atoms with Gasteiger partial charge in [-0.25, -0.2) is 4.79 Å². The van der Waals surface area contributed by atoms with Crippen LogP contribution in [0.15, 0.2) is 21.7 Å². The average molecular weight is 482 g/mol. The Labute approximate surface area is 192 Å². The highest BCUT2D eigenvalue weighted by Crippen LogP contribution is 2.31. The average Bonchev–Trinajstić information content (AvgIpc) is 2.95. The summed E-state index contributed by atoms with van der Waals surface area (Å²) < 4.78 is 1.18. The van der Waals surface area contributed by atoms with Crippen LogP contribution >= 0.6 is 23.2 Å². The van der Waals surface area contributed by atoms with Crippen LogP contribution in [0.1, 0.15) is 47.4 Å². The third-order valence-electron chi connectivity index (χ3n) is 5.14. The number of nitrogens with two attached hydrogens (primary N) is 1. The molecule has 3 amide bonds. The second kappa shape index (κ2) is 9.17. The van der Waals surface area contributed by atoms with E-state index in [1.54, 1.807) is 6.92 Å². The quantitative estimate of drug-likeness (QED) is 0.578. The molecule has 1 aliphatic heterocycles. The van der Waals surface area contributed by atoms with Crippen LogP contribution in [0.3, 0.4) is 0 Å². The van der Waals surface area contributed by atoms with Gasteiger partial charge in [0.1, 0.15) is 12.4 Å². The number of fused-ring (bicyclic) bond motifs is 1. The van der Waals surface area contributed by atoms with Crippen molar-refractivity contribution in [2.75, 3.05) is 23.7 Å². The highest BCUT2D eigenvalue weighted by molar-refractivity contribution is 6.43. The van der Waals surface area contributed by atoms with Crippen LogP contribution in [0.5, 0.6) is 0 Å². The number of hydrogen-bond donors (Lipinski definition) is 2. The number of nitrogen functional groups attached to an aromatic ring is 1. The van der Waals surface area contributed by atoms with Gasteiger partial charge in [0.25, 0.3) is 17.4 Å². The lowest BCUT2D eigenvalue weighted by Crippen LogP contribution is -2.46. The van der Waals surface area contributed by atoms with Gasteiger partial charge in [0.15, 0.2) is 5.69 Å². The Morgan fingerprint density at radius 2 is 1.62 bits per heavy atom. The van der Waals surface area contributed by atoms with E-state index in [4.69, 9.17) is 28.9 Å². The first-order valence-corrected chi connectivity index (χ1v) is 10.7. The summed E-state index contributed by atoms with van der Waals surface area (Å²) in [6, 6.07) is 2.54. The van der Waals surface area contributed by atoms with Gasteiger partial charge in [-0.15, -0.1) is 0 Å². The molecule has 3 rings (SSSR count). The molecule has 3 N–H and O–H groups in total. The van der Waals surface area contributed by atoms with Gasteiger partial charge in [0, 0.05) is 13.1 Å². The van der Waals surface area contributed by atoms with Crippen LogP contribution in [-0.4, -0.2) is 45.3 Å². The molecular formula is C20H21Cl2N5O5. The number of carbonyl (C=O) groups is 3. The van der Waals surface area contributed by atoms with E-state index in [0.29, 0.717) is 6.42 Å². The van der Waals surface area contributed by atoms with Gasteiger partial charge in [0.05, 0.1) is 21.2 Å². The first-order valence-electron chi connectivity index (χ1n) is 9.90. The summed E-state index contributed by atoms with van der Waals surface area (Å²) in [5.41, 5.74) is 4.42. The Kier molecular flexibility index (Phi) is 6.75. The number of unbranched alkanes of at least 4 members (excludes halogenated alkanes) is 1. The van der Waals surface area contributed by atoms with Crippen LogP contribution in [0.2, 0.25) is 10.0 Å². The molecule has 2 aromatic rings. The van der Waals surface area contributed by atoms with E-state index < -0.39 is 35.5 Å². The number of amides is 3. The van der Waals surface area contributed by atoms with Crippen LogP contribution in [-0.2, 0) is 11.3 Å². The van der Waals surface area contributed by atoms with Crippen LogP contribution in [0.4, 0.5) is 11.5 Å². The van der Waals surface area contributed by atoms with Gasteiger partial charge in [0.2, 0.25) is 5.91 Å². The lowest BCUT2D eigenvalue weighted by molar-refractivity contribution is -0.118. The zero-order valence-electron chi connectivity index (χ0n) is 17.4. The number of carbonyl (C=O) groups excluding carboxylic acids is 3. The monoisotopic (exact) mass is 481 g/mol. The van der Waals surface area contributed by atoms with Crippen molar-refractivity contribution in [3.05, 3.63) is 54.1 Å². The Morgan fingerprint density at radius 3 is 2.12 bits per heavy atom. The number of imide groups is 1. The molecule has 1 aromatic heterocycles. The van der Waals surface area contributed by atoms with Gasteiger partial charge >= 0.3 is 5.69 Å². The summed E-state index contributed by atoms with van der Waals surface area (Å²) in [6.45, 7) is 3.16. The number of rotatable bonds is 7. The Bertz CT molecular complexity index is 1200. The number of H-pyrrole nitrogens is 1. The molecule has 12 heteroatoms. The molecular weight excluding hydrogens is 461 g/mol. The molecule has 0 atom stereocenters. The fourth-order valence-electron chi connectivity index (χ4n) is 3.48. The lowest BCUT2D eigenvalue weighted by atomic mass is 10.1. The van der Waals surface area contributed by atoms with E-state index >= 15 is 0 Å². The largest absolute Gasteiger partial charge is 0.383 e. The van der Waals surface area contributed by atoms with Crippen molar-refractivity contribution >= 4 is 52.4 Å². The van der Waals surface area contributed by atoms with Crippen LogP contribution in [0, 0.1) is 0 Å². The lowest BCUT2D eigenvalue weighted by Gasteiger charge is -2.25. The third kappa shape index (κ3) is 4.03. The van der Waals surface area contributed by atoms with E-state index in [0.717, 1.165) is 16.2 Å². The second-order valence-electron chi connectivity index (χ2n) is 7.14. The highest BCUT2D eigenvalue weighted by Gasteiger charge is 2.38. The van der Waals surface area contributed by atoms with Gasteiger partial charge in [-0.3, -0.25) is 33.6 Å². The fourth-order valence-corrected chi connectivity index (χ4v) is 3.81. The molecule has 170 valence electrons. The minimum Gasteiger partial charge on any atom is -0.383 e. The Balaban J connectivity index is 1.94. The van der Waals surface area contributed by atoms with Gasteiger partial charge < -0.3 is 10.6 Å². The highest BCUT2D eigenvalue weighted by atomic mass is 35.5. The van der Waals surface area contributed by atoms with Crippen molar-refractivity contribution in [2.45, 2.75) is 33.2 Å². The summed E-state index contributed by atoms with van der Waals surface area (Å²) in [6.07, 6.45) is 1.42. The topological polar surface area (TPSA) is 139 Å². The van der Waals surface area contributed by atoms with E-state index in [1.165, 1.54) is 16.7 Å². The predicted octanol–water partition coefficient (Wildman–Crippen LogP) is 1.87. The molecule has 1 aliphatic rings. The summed E-state index contributed by atoms with van der Waals surface area (Å²) in [7, 11) is 0. The SMILES string of the molecule is CCCCn1c(N)c(N(CC)C(=O)CN2C(=O)c3cc(Cl)c(Cl)cc3C2=O)c(=O)[nH]c1=O. The zero-order valence-corrected chi connectivity index (χ0v) is 18.9. The number of halogens is 2. The number of aromatic nitrogens is 2. The van der Waals surface area contributed by atoms with Crippen molar-refractivity contribution in [2.24, 2.45) is 0 Å². The van der Waals surface area contributed by atoms with Crippen molar-refractivity contribution in [3.8, 4) is 0 Å². The number of hydrogen-bond acceptors (Lipinski definition) is 6. The Morgan fingerprint density at radius 1 is 1.06 bits per heavy atom. The van der Waals surface area contributed by atoms with E-state index in [-0.39, 0.29) is 45.8 Å². The summed E-state index contributed by atoms with van der Waals surface area (Å²) in [5, 5.41) is 0.201. The first kappa shape index (κ1) is 23.6. The molecule has 0 saturated carbocycles. The Hall–Kier alpha value is -3.11. The molecule has 0 spiro atoms. The minimum absolute atomic E-state index is 0.0128. The maximum atomic E-state index is 13.1. The summed E-state index contributed by atoms with van der Waals surface area (Å²) in [4.78, 5) is 67.0. The maximum absolute atomic E-state index is 13.1. The molecule has 0 fully saturated rings. The zero-order chi connectivity index (χ0) is 23.7. The number of anilines is 2. The van der Waals surface area contributed by atoms with Crippen LogP contribution in [0.25, 0.3) is 0 Å². The van der Waals surface area contributed by atoms with Gasteiger partial charge in [-0.05, 0) is 25.5 Å². The third-order valence-corrected chi connectivity index (χ3v) is 5.86. The van der Waals surface area contributed by atoms with E-state index in [2.05, 4.69) is 4.98 Å². The summed E-state index contributed by atoms with van der Waals surface area (Å²) >= 11 is 11.9. The molecule has 10 nitrogen and oxygen atoms in total. The maximum Gasteiger partial charge on any atom is 0.330 e. The molecule has 0 aliphatic carbocycles. The van der Waals surface area contributed by atoms with Gasteiger partial charge in [-0.1, -0.05) is 36.5 Å². The first-order chi connectivity index (χ1) is 15.1. The summed E-state index contributed by atoms with van der Waals surface area (Å²) in [5.74, 6) is -2.30. The molecule has 2 heterocycles. The molecule has 0 bridgehead atoms. The number of nitrogens with one attached hydrogen (secondary N) is 1. The molecule has 1 aromatic carbocycles. The van der Waals surface area contributed by atoms with Gasteiger partial charge in [-0.2, -0.15) is 0 Å². The smallest absolute Gasteiger partial charge is 0.330 e. The normalized spacial score (nSPS) is 12.9. The number of aromatic amines is 1. The van der Waals surface area contributed by atoms with Crippen molar-refractivity contribution in [1.82, 2.24) is 14.5 Å². The van der Waals surface area contributed by atoms with Crippen LogP contribution < -0.4 is 21.9 Å². The fraction of sp³-hybridized carbons (Fsp3) is 0.350. The van der Waals surface area contributed by atoms with Crippen molar-refractivity contribution in [3.63, 3.8) is 0 Å². The van der Waals surface area contributed by atoms with Crippen molar-refractivity contribution < 1.29 is 14.4 Å². The molecule has 0 saturated heterocycles. The minimum atomic E-state index is -0.837. The van der Waals surface area contributed by atoms with Crippen molar-refractivity contribution in [1.29, 1.82) is 0 Å². The number of likely N-dealkylation sites (N-methyl/N-ethyl adjacent to an activating group) is 1. The molecule has 0 unspecified atom stereocenters. The number of nitrogens with zero attached hydrogens (tertiary/aromatic N) is 3. The molecule has 0 radical (unpaired) electrons. The predicted molar refractivity (Wildman–Crippen MR) is 120 cm³/mol. The second-order valence-corrected chi connectivity index (χ2v) is 7.96. The van der Waals surface area contributed by atoms with E-state index in [9.17, 15) is 24.0 Å². The molecule has 32 heavy (non-hydrogen) atoms. The van der Waals surface area contributed by atoms with E-state index in [1.807, 2.05) is 6.92 Å². The standard InChI is InChI=1S/C20H21Cl2N5O5/c1-3-5-6-26-16(23)15(17(29)24-20(26)32)25(4-2)14(28)9-27-18(30)10-7-12(21)13(22)8-11(10)19(27)31/h7-8H,3-6,9,23H2,1-2H3,(H,24,29,32).